The average molecular weight is 467 g/mol. The van der Waals surface area contributed by atoms with E-state index in [1.54, 1.807) is 16.8 Å². The highest BCUT2D eigenvalue weighted by molar-refractivity contribution is 7.59. The van der Waals surface area contributed by atoms with Crippen molar-refractivity contribution in [2.75, 3.05) is 17.2 Å². The third-order valence-corrected chi connectivity index (χ3v) is 5.77. The van der Waals surface area contributed by atoms with Crippen LogP contribution in [0.15, 0.2) is 53.7 Å². The number of para-hydroxylation sites is 1. The minimum Gasteiger partial charge on any atom is -0.382 e. The molecule has 2 N–H and O–H groups in total. The molecule has 0 spiro atoms. The number of halogens is 1. The third-order valence-electron chi connectivity index (χ3n) is 5.47. The van der Waals surface area contributed by atoms with Crippen molar-refractivity contribution in [3.8, 4) is 11.8 Å². The lowest BCUT2D eigenvalue weighted by Crippen LogP contribution is -2.33. The summed E-state index contributed by atoms with van der Waals surface area (Å²) in [5, 5.41) is 14.7. The largest absolute Gasteiger partial charge is 0.382 e. The van der Waals surface area contributed by atoms with Gasteiger partial charge in [0.25, 0.3) is 5.56 Å². The molecule has 4 heterocycles. The Kier molecular flexibility index (Phi) is 5.78. The van der Waals surface area contributed by atoms with Gasteiger partial charge < -0.3 is 10.6 Å². The van der Waals surface area contributed by atoms with Crippen molar-refractivity contribution in [2.24, 2.45) is 0 Å². The van der Waals surface area contributed by atoms with Gasteiger partial charge >= 0.3 is 0 Å². The molecular formula is C21H19ClN8OS. The van der Waals surface area contributed by atoms with E-state index in [4.69, 9.17) is 22.4 Å². The number of nitrogen functional groups attached to an aromatic ring is 1. The van der Waals surface area contributed by atoms with Crippen molar-refractivity contribution in [1.29, 1.82) is 5.26 Å². The zero-order chi connectivity index (χ0) is 21.5. The van der Waals surface area contributed by atoms with Gasteiger partial charge in [0, 0.05) is 12.7 Å². The van der Waals surface area contributed by atoms with Crippen molar-refractivity contribution >= 4 is 42.2 Å². The maximum absolute atomic E-state index is 13.5. The van der Waals surface area contributed by atoms with Gasteiger partial charge in [0.15, 0.2) is 11.6 Å². The topological polar surface area (TPSA) is 118 Å². The van der Waals surface area contributed by atoms with Crippen molar-refractivity contribution in [3.63, 3.8) is 0 Å². The minimum absolute atomic E-state index is 0. The van der Waals surface area contributed by atoms with Gasteiger partial charge in [0.1, 0.15) is 29.3 Å². The van der Waals surface area contributed by atoms with E-state index in [1.165, 1.54) is 10.8 Å². The van der Waals surface area contributed by atoms with Gasteiger partial charge in [-0.25, -0.2) is 14.5 Å². The second-order valence-electron chi connectivity index (χ2n) is 7.21. The fourth-order valence-corrected chi connectivity index (χ4v) is 4.32. The second-order valence-corrected chi connectivity index (χ2v) is 7.62. The Labute approximate surface area is 195 Å². The molecule has 0 unspecified atom stereocenters. The molecule has 162 valence electrons. The van der Waals surface area contributed by atoms with E-state index in [-0.39, 0.29) is 36.5 Å². The average Bonchev–Trinajstić information content (AvgIpc) is 3.41. The SMILES string of the molecule is N#Cc1c(N)ncnc1N1CCC[C@H]1c1nn2ccc(Cl)c2c(=O)n1-c1ccccc1.S. The number of benzene rings is 1. The summed E-state index contributed by atoms with van der Waals surface area (Å²) in [7, 11) is 0. The van der Waals surface area contributed by atoms with Gasteiger partial charge in [-0.1, -0.05) is 29.8 Å². The van der Waals surface area contributed by atoms with Crippen molar-refractivity contribution in [2.45, 2.75) is 18.9 Å². The lowest BCUT2D eigenvalue weighted by Gasteiger charge is -2.27. The Hall–Kier alpha value is -3.55. The highest BCUT2D eigenvalue weighted by Crippen LogP contribution is 2.37. The third kappa shape index (κ3) is 3.36. The molecule has 1 atom stereocenters. The smallest absolute Gasteiger partial charge is 0.284 e. The van der Waals surface area contributed by atoms with Gasteiger partial charge in [-0.3, -0.25) is 9.36 Å². The molecule has 0 saturated carbocycles. The fourth-order valence-electron chi connectivity index (χ4n) is 4.09. The summed E-state index contributed by atoms with van der Waals surface area (Å²) < 4.78 is 3.09. The summed E-state index contributed by atoms with van der Waals surface area (Å²) in [6.45, 7) is 0.644. The van der Waals surface area contributed by atoms with E-state index >= 15 is 0 Å². The van der Waals surface area contributed by atoms with Gasteiger partial charge in [-0.05, 0) is 31.0 Å². The molecule has 4 aromatic rings. The molecule has 0 radical (unpaired) electrons. The van der Waals surface area contributed by atoms with Crippen LogP contribution in [-0.2, 0) is 0 Å². The zero-order valence-corrected chi connectivity index (χ0v) is 18.6. The highest BCUT2D eigenvalue weighted by Gasteiger charge is 2.34. The summed E-state index contributed by atoms with van der Waals surface area (Å²) in [6, 6.07) is 12.8. The number of nitriles is 1. The number of anilines is 2. The van der Waals surface area contributed by atoms with Crippen molar-refractivity contribution in [3.05, 3.63) is 75.7 Å². The Morgan fingerprint density at radius 3 is 2.72 bits per heavy atom. The lowest BCUT2D eigenvalue weighted by molar-refractivity contribution is 0.600. The van der Waals surface area contributed by atoms with Crippen LogP contribution in [0.1, 0.15) is 30.3 Å². The van der Waals surface area contributed by atoms with Crippen molar-refractivity contribution < 1.29 is 0 Å². The summed E-state index contributed by atoms with van der Waals surface area (Å²) in [5.41, 5.74) is 6.86. The van der Waals surface area contributed by atoms with Crippen molar-refractivity contribution in [1.82, 2.24) is 24.1 Å². The van der Waals surface area contributed by atoms with E-state index < -0.39 is 0 Å². The molecule has 1 aliphatic rings. The monoisotopic (exact) mass is 466 g/mol. The van der Waals surface area contributed by atoms with Crippen LogP contribution < -0.4 is 16.2 Å². The van der Waals surface area contributed by atoms with Crippen LogP contribution in [0.25, 0.3) is 11.2 Å². The standard InChI is InChI=1S/C21H17ClN8O.H2S/c22-15-8-10-29-17(15)21(31)30(13-5-2-1-3-6-13)20(27-29)16-7-4-9-28(16)19-14(11-23)18(24)25-12-26-19;/h1-3,5-6,8,10,12,16H,4,7,9H2,(H2,24,25,26);1H2/t16-;/m0./s1. The first-order chi connectivity index (χ1) is 15.1. The second kappa shape index (κ2) is 8.53. The van der Waals surface area contributed by atoms with Crippen LogP contribution in [-0.4, -0.2) is 30.7 Å². The molecule has 1 aromatic carbocycles. The maximum atomic E-state index is 13.5. The van der Waals surface area contributed by atoms with Gasteiger partial charge in [-0.2, -0.15) is 23.9 Å². The van der Waals surface area contributed by atoms with Crippen LogP contribution in [0.4, 0.5) is 11.6 Å². The molecule has 1 saturated heterocycles. The molecule has 3 aromatic heterocycles. The predicted molar refractivity (Wildman–Crippen MR) is 127 cm³/mol. The molecule has 0 bridgehead atoms. The number of hydrogen-bond donors (Lipinski definition) is 1. The maximum Gasteiger partial charge on any atom is 0.284 e. The van der Waals surface area contributed by atoms with E-state index in [9.17, 15) is 10.1 Å². The molecule has 1 aliphatic heterocycles. The molecule has 1 fully saturated rings. The number of aromatic nitrogens is 5. The van der Waals surface area contributed by atoms with E-state index in [0.29, 0.717) is 34.4 Å². The molecule has 32 heavy (non-hydrogen) atoms. The molecular weight excluding hydrogens is 448 g/mol. The van der Waals surface area contributed by atoms with Gasteiger partial charge in [0.05, 0.1) is 16.8 Å². The lowest BCUT2D eigenvalue weighted by atomic mass is 10.1. The quantitative estimate of drug-likeness (QED) is 0.493. The number of fused-ring (bicyclic) bond motifs is 1. The van der Waals surface area contributed by atoms with Crippen LogP contribution in [0.3, 0.4) is 0 Å². The van der Waals surface area contributed by atoms with Gasteiger partial charge in [0.2, 0.25) is 0 Å². The van der Waals surface area contributed by atoms with E-state index in [1.807, 2.05) is 35.2 Å². The number of nitrogens with zero attached hydrogens (tertiary/aromatic N) is 7. The summed E-state index contributed by atoms with van der Waals surface area (Å²) in [5.74, 6) is 1.10. The summed E-state index contributed by atoms with van der Waals surface area (Å²) in [4.78, 5) is 23.7. The molecule has 5 rings (SSSR count). The van der Waals surface area contributed by atoms with Gasteiger partial charge in [-0.15, -0.1) is 0 Å². The van der Waals surface area contributed by atoms with Crippen LogP contribution in [0.5, 0.6) is 0 Å². The minimum atomic E-state index is -0.292. The van der Waals surface area contributed by atoms with Crippen LogP contribution in [0, 0.1) is 11.3 Å². The van der Waals surface area contributed by atoms with E-state index in [0.717, 1.165) is 12.8 Å². The first-order valence-electron chi connectivity index (χ1n) is 9.72. The molecule has 11 heteroatoms. The predicted octanol–water partition coefficient (Wildman–Crippen LogP) is 2.84. The Balaban J connectivity index is 0.00000245. The Morgan fingerprint density at radius 2 is 1.97 bits per heavy atom. The fraction of sp³-hybridized carbons (Fsp3) is 0.190. The first-order valence-corrected chi connectivity index (χ1v) is 10.1. The molecule has 0 amide bonds. The van der Waals surface area contributed by atoms with Crippen LogP contribution >= 0.6 is 25.1 Å². The van der Waals surface area contributed by atoms with E-state index in [2.05, 4.69) is 16.0 Å². The summed E-state index contributed by atoms with van der Waals surface area (Å²) >= 11 is 6.28. The zero-order valence-electron chi connectivity index (χ0n) is 16.8. The Morgan fingerprint density at radius 1 is 1.19 bits per heavy atom. The normalized spacial score (nSPS) is 15.5. The number of rotatable bonds is 3. The first kappa shape index (κ1) is 21.7. The highest BCUT2D eigenvalue weighted by atomic mass is 35.5. The molecule has 9 nitrogen and oxygen atoms in total. The van der Waals surface area contributed by atoms with Crippen LogP contribution in [0.2, 0.25) is 5.02 Å². The number of nitrogens with two attached hydrogens (primary N) is 1. The Bertz CT molecular complexity index is 1390. The summed E-state index contributed by atoms with van der Waals surface area (Å²) in [6.07, 6.45) is 4.58. The molecule has 0 aliphatic carbocycles. The number of hydrogen-bond acceptors (Lipinski definition) is 7.